The third kappa shape index (κ3) is 7.22. The molecule has 0 bridgehead atoms. The zero-order valence-corrected chi connectivity index (χ0v) is 16.9. The number of carbonyl (C=O) groups is 1. The minimum Gasteiger partial charge on any atom is -0.326 e. The number of hydrogen-bond acceptors (Lipinski definition) is 3. The highest BCUT2D eigenvalue weighted by molar-refractivity contribution is 7.99. The summed E-state index contributed by atoms with van der Waals surface area (Å²) < 4.78 is 0. The van der Waals surface area contributed by atoms with E-state index >= 15 is 0 Å². The van der Waals surface area contributed by atoms with Crippen LogP contribution in [0.25, 0.3) is 0 Å². The van der Waals surface area contributed by atoms with E-state index in [4.69, 9.17) is 0 Å². The van der Waals surface area contributed by atoms with Crippen LogP contribution in [-0.4, -0.2) is 36.7 Å². The van der Waals surface area contributed by atoms with Crippen LogP contribution in [0.4, 0.5) is 5.69 Å². The van der Waals surface area contributed by atoms with Crippen LogP contribution in [0.15, 0.2) is 53.4 Å². The molecule has 0 saturated heterocycles. The number of anilines is 1. The second-order valence-corrected chi connectivity index (χ2v) is 7.79. The van der Waals surface area contributed by atoms with Crippen LogP contribution in [0.3, 0.4) is 0 Å². The highest BCUT2D eigenvalue weighted by Gasteiger charge is 2.05. The largest absolute Gasteiger partial charge is 0.326 e. The molecule has 0 saturated carbocycles. The molecular formula is C22H30N2OS. The number of amides is 1. The molecule has 2 aromatic rings. The Labute approximate surface area is 162 Å². The number of hydrogen-bond donors (Lipinski definition) is 1. The van der Waals surface area contributed by atoms with Gasteiger partial charge in [-0.1, -0.05) is 37.3 Å². The smallest absolute Gasteiger partial charge is 0.224 e. The molecule has 3 nitrogen and oxygen atoms in total. The molecule has 2 rings (SSSR count). The lowest BCUT2D eigenvalue weighted by atomic mass is 10.1. The minimum absolute atomic E-state index is 0.0621. The molecule has 1 amide bonds. The number of carbonyl (C=O) groups excluding carboxylic acids is 1. The molecule has 0 aliphatic rings. The van der Waals surface area contributed by atoms with Crippen molar-refractivity contribution in [2.24, 2.45) is 0 Å². The monoisotopic (exact) mass is 370 g/mol. The van der Waals surface area contributed by atoms with Crippen molar-refractivity contribution in [3.8, 4) is 0 Å². The average molecular weight is 371 g/mol. The summed E-state index contributed by atoms with van der Waals surface area (Å²) in [6.07, 6.45) is 2.78. The Morgan fingerprint density at radius 2 is 1.88 bits per heavy atom. The second kappa shape index (κ2) is 11.0. The molecule has 0 radical (unpaired) electrons. The molecule has 4 heteroatoms. The topological polar surface area (TPSA) is 32.3 Å². The van der Waals surface area contributed by atoms with Crippen molar-refractivity contribution in [3.63, 3.8) is 0 Å². The van der Waals surface area contributed by atoms with Crippen molar-refractivity contribution in [1.82, 2.24) is 4.90 Å². The van der Waals surface area contributed by atoms with Crippen LogP contribution < -0.4 is 5.32 Å². The van der Waals surface area contributed by atoms with E-state index < -0.39 is 0 Å². The third-order valence-electron chi connectivity index (χ3n) is 4.37. The summed E-state index contributed by atoms with van der Waals surface area (Å²) in [7, 11) is 2.20. The molecule has 0 spiro atoms. The fourth-order valence-corrected chi connectivity index (χ4v) is 3.64. The minimum atomic E-state index is 0.0621. The lowest BCUT2D eigenvalue weighted by Crippen LogP contribution is -2.22. The lowest BCUT2D eigenvalue weighted by Gasteiger charge is -2.16. The number of likely N-dealkylation sites (N-methyl/N-ethyl adjacent to an activating group) is 1. The Morgan fingerprint density at radius 1 is 1.12 bits per heavy atom. The maximum atomic E-state index is 11.5. The molecule has 0 aliphatic carbocycles. The van der Waals surface area contributed by atoms with Gasteiger partial charge in [0.05, 0.1) is 0 Å². The van der Waals surface area contributed by atoms with Gasteiger partial charge < -0.3 is 10.2 Å². The standard InChI is InChI=1S/C22H30N2OS/c1-4-22(25)23-21-12-11-20(17-18(21)2)26-16-8-14-24(3)15-13-19-9-6-5-7-10-19/h5-7,9-12,17H,4,8,13-16H2,1-3H3,(H,23,25). The van der Waals surface area contributed by atoms with Gasteiger partial charge in [-0.15, -0.1) is 11.8 Å². The lowest BCUT2D eigenvalue weighted by molar-refractivity contribution is -0.115. The number of nitrogens with one attached hydrogen (secondary N) is 1. The number of aryl methyl sites for hydroxylation is 1. The number of rotatable bonds is 10. The van der Waals surface area contributed by atoms with Crippen LogP contribution in [0.5, 0.6) is 0 Å². The summed E-state index contributed by atoms with van der Waals surface area (Å²) in [5, 5.41) is 2.94. The Balaban J connectivity index is 1.67. The maximum Gasteiger partial charge on any atom is 0.224 e. The van der Waals surface area contributed by atoms with E-state index in [1.54, 1.807) is 0 Å². The van der Waals surface area contributed by atoms with Gasteiger partial charge in [-0.3, -0.25) is 4.79 Å². The van der Waals surface area contributed by atoms with Gasteiger partial charge in [0.1, 0.15) is 0 Å². The summed E-state index contributed by atoms with van der Waals surface area (Å²) in [4.78, 5) is 15.2. The van der Waals surface area contributed by atoms with Gasteiger partial charge in [-0.2, -0.15) is 0 Å². The molecule has 1 N–H and O–H groups in total. The fourth-order valence-electron chi connectivity index (χ4n) is 2.71. The summed E-state index contributed by atoms with van der Waals surface area (Å²) in [6, 6.07) is 16.9. The van der Waals surface area contributed by atoms with Crippen molar-refractivity contribution in [2.75, 3.05) is 31.2 Å². The van der Waals surface area contributed by atoms with Gasteiger partial charge in [0, 0.05) is 23.5 Å². The van der Waals surface area contributed by atoms with Crippen LogP contribution in [0.2, 0.25) is 0 Å². The molecule has 0 aliphatic heterocycles. The van der Waals surface area contributed by atoms with Gasteiger partial charge in [0.2, 0.25) is 5.91 Å². The van der Waals surface area contributed by atoms with Gasteiger partial charge in [-0.25, -0.2) is 0 Å². The average Bonchev–Trinajstić information content (AvgIpc) is 2.66. The van der Waals surface area contributed by atoms with Gasteiger partial charge in [0.15, 0.2) is 0 Å². The van der Waals surface area contributed by atoms with E-state index in [1.807, 2.05) is 31.7 Å². The highest BCUT2D eigenvalue weighted by atomic mass is 32.2. The van der Waals surface area contributed by atoms with E-state index in [2.05, 4.69) is 59.7 Å². The van der Waals surface area contributed by atoms with E-state index in [-0.39, 0.29) is 5.91 Å². The second-order valence-electron chi connectivity index (χ2n) is 6.62. The van der Waals surface area contributed by atoms with E-state index in [0.717, 1.165) is 36.5 Å². The Morgan fingerprint density at radius 3 is 2.58 bits per heavy atom. The molecule has 0 fully saturated rings. The Kier molecular flexibility index (Phi) is 8.72. The number of benzene rings is 2. The molecule has 0 unspecified atom stereocenters. The van der Waals surface area contributed by atoms with Crippen molar-refractivity contribution in [3.05, 3.63) is 59.7 Å². The first-order valence-electron chi connectivity index (χ1n) is 9.34. The van der Waals surface area contributed by atoms with Crippen LogP contribution >= 0.6 is 11.8 Å². The van der Waals surface area contributed by atoms with E-state index in [1.165, 1.54) is 16.9 Å². The quantitative estimate of drug-likeness (QED) is 0.472. The van der Waals surface area contributed by atoms with Crippen molar-refractivity contribution < 1.29 is 4.79 Å². The summed E-state index contributed by atoms with van der Waals surface area (Å²) in [6.45, 7) is 6.13. The summed E-state index contributed by atoms with van der Waals surface area (Å²) in [5.41, 5.74) is 3.44. The number of thioether (sulfide) groups is 1. The van der Waals surface area contributed by atoms with Crippen molar-refractivity contribution in [2.45, 2.75) is 38.0 Å². The normalized spacial score (nSPS) is 10.9. The van der Waals surface area contributed by atoms with Crippen LogP contribution in [0, 0.1) is 6.92 Å². The predicted molar refractivity (Wildman–Crippen MR) is 113 cm³/mol. The van der Waals surface area contributed by atoms with Crippen LogP contribution in [0.1, 0.15) is 30.9 Å². The predicted octanol–water partition coefficient (Wildman–Crippen LogP) is 5.00. The Hall–Kier alpha value is -1.78. The Bertz CT molecular complexity index is 688. The maximum absolute atomic E-state index is 11.5. The summed E-state index contributed by atoms with van der Waals surface area (Å²) in [5.74, 6) is 1.17. The zero-order chi connectivity index (χ0) is 18.8. The van der Waals surface area contributed by atoms with Crippen molar-refractivity contribution >= 4 is 23.4 Å². The van der Waals surface area contributed by atoms with Gasteiger partial charge in [-0.05, 0) is 68.4 Å². The van der Waals surface area contributed by atoms with E-state index in [0.29, 0.717) is 6.42 Å². The molecule has 0 aromatic heterocycles. The first kappa shape index (κ1) is 20.5. The molecule has 2 aromatic carbocycles. The fraction of sp³-hybridized carbons (Fsp3) is 0.409. The highest BCUT2D eigenvalue weighted by Crippen LogP contribution is 2.24. The molecule has 26 heavy (non-hydrogen) atoms. The molecule has 0 atom stereocenters. The zero-order valence-electron chi connectivity index (χ0n) is 16.1. The first-order chi connectivity index (χ1) is 12.6. The van der Waals surface area contributed by atoms with Gasteiger partial charge >= 0.3 is 0 Å². The van der Waals surface area contributed by atoms with E-state index in [9.17, 15) is 4.79 Å². The van der Waals surface area contributed by atoms with Crippen molar-refractivity contribution in [1.29, 1.82) is 0 Å². The SMILES string of the molecule is CCC(=O)Nc1ccc(SCCCN(C)CCc2ccccc2)cc1C. The van der Waals surface area contributed by atoms with Gasteiger partial charge in [0.25, 0.3) is 0 Å². The first-order valence-corrected chi connectivity index (χ1v) is 10.3. The molecule has 140 valence electrons. The number of nitrogens with zero attached hydrogens (tertiary/aromatic N) is 1. The molecular weight excluding hydrogens is 340 g/mol. The summed E-state index contributed by atoms with van der Waals surface area (Å²) >= 11 is 1.89. The van der Waals surface area contributed by atoms with Crippen LogP contribution in [-0.2, 0) is 11.2 Å². The molecule has 0 heterocycles. The third-order valence-corrected chi connectivity index (χ3v) is 5.45.